The highest BCUT2D eigenvalue weighted by atomic mass is 16.7. The molecule has 2 aliphatic rings. The van der Waals surface area contributed by atoms with Gasteiger partial charge in [0.1, 0.15) is 5.75 Å². The van der Waals surface area contributed by atoms with Gasteiger partial charge in [0.05, 0.1) is 5.92 Å². The minimum atomic E-state index is -0.493. The molecule has 2 aromatic rings. The van der Waals surface area contributed by atoms with Crippen LogP contribution in [0.3, 0.4) is 0 Å². The molecule has 0 aliphatic carbocycles. The van der Waals surface area contributed by atoms with Gasteiger partial charge < -0.3 is 19.1 Å². The maximum Gasteiger partial charge on any atom is 0.316 e. The SMILES string of the molecule is Cc1cccc(N2C[C@H](C(=O)Oc3ccc4c(c3)OCO4)CC2=O)c1C. The Balaban J connectivity index is 1.48. The lowest BCUT2D eigenvalue weighted by Crippen LogP contribution is -2.28. The number of nitrogens with zero attached hydrogens (tertiary/aromatic N) is 1. The third-order valence-electron chi connectivity index (χ3n) is 4.89. The van der Waals surface area contributed by atoms with Crippen LogP contribution in [0.5, 0.6) is 17.2 Å². The summed E-state index contributed by atoms with van der Waals surface area (Å²) < 4.78 is 16.0. The van der Waals surface area contributed by atoms with E-state index in [1.807, 2.05) is 32.0 Å². The van der Waals surface area contributed by atoms with Gasteiger partial charge in [-0.2, -0.15) is 0 Å². The highest BCUT2D eigenvalue weighted by Crippen LogP contribution is 2.36. The molecule has 2 aromatic carbocycles. The maximum atomic E-state index is 12.5. The van der Waals surface area contributed by atoms with Crippen molar-refractivity contribution in [3.8, 4) is 17.2 Å². The van der Waals surface area contributed by atoms with Gasteiger partial charge in [-0.3, -0.25) is 9.59 Å². The molecule has 134 valence electrons. The van der Waals surface area contributed by atoms with Crippen LogP contribution in [0, 0.1) is 19.8 Å². The van der Waals surface area contributed by atoms with Crippen molar-refractivity contribution < 1.29 is 23.8 Å². The standard InChI is InChI=1S/C20H19NO5/c1-12-4-3-5-16(13(12)2)21-10-14(8-19(21)22)20(23)26-15-6-7-17-18(9-15)25-11-24-17/h3-7,9,14H,8,10-11H2,1-2H3/t14-/m1/s1. The quantitative estimate of drug-likeness (QED) is 0.627. The van der Waals surface area contributed by atoms with Crippen molar-refractivity contribution in [1.29, 1.82) is 0 Å². The number of fused-ring (bicyclic) bond motifs is 1. The van der Waals surface area contributed by atoms with Crippen LogP contribution >= 0.6 is 0 Å². The summed E-state index contributed by atoms with van der Waals surface area (Å²) in [6.07, 6.45) is 0.150. The molecule has 1 saturated heterocycles. The van der Waals surface area contributed by atoms with E-state index in [4.69, 9.17) is 14.2 Å². The number of aryl methyl sites for hydroxylation is 1. The zero-order chi connectivity index (χ0) is 18.3. The third kappa shape index (κ3) is 2.87. The molecular formula is C20H19NO5. The molecule has 0 bridgehead atoms. The Morgan fingerprint density at radius 2 is 1.96 bits per heavy atom. The molecular weight excluding hydrogens is 334 g/mol. The van der Waals surface area contributed by atoms with E-state index in [0.29, 0.717) is 23.8 Å². The molecule has 6 heteroatoms. The number of rotatable bonds is 3. The molecule has 0 unspecified atom stereocenters. The number of amides is 1. The van der Waals surface area contributed by atoms with Crippen LogP contribution in [-0.2, 0) is 9.59 Å². The number of anilines is 1. The van der Waals surface area contributed by atoms with E-state index >= 15 is 0 Å². The Labute approximate surface area is 151 Å². The van der Waals surface area contributed by atoms with Crippen molar-refractivity contribution in [1.82, 2.24) is 0 Å². The molecule has 2 heterocycles. The summed E-state index contributed by atoms with van der Waals surface area (Å²) in [4.78, 5) is 26.6. The number of carbonyl (C=O) groups is 2. The Morgan fingerprint density at radius 3 is 2.81 bits per heavy atom. The van der Waals surface area contributed by atoms with Gasteiger partial charge >= 0.3 is 5.97 Å². The Hall–Kier alpha value is -3.02. The number of hydrogen-bond acceptors (Lipinski definition) is 5. The first-order chi connectivity index (χ1) is 12.5. The molecule has 1 amide bonds. The molecule has 0 spiro atoms. The molecule has 6 nitrogen and oxygen atoms in total. The Kier molecular flexibility index (Phi) is 4.03. The number of ether oxygens (including phenoxy) is 3. The highest BCUT2D eigenvalue weighted by molar-refractivity contribution is 6.00. The van der Waals surface area contributed by atoms with Crippen LogP contribution in [-0.4, -0.2) is 25.2 Å². The van der Waals surface area contributed by atoms with Crippen LogP contribution in [0.25, 0.3) is 0 Å². The van der Waals surface area contributed by atoms with E-state index in [0.717, 1.165) is 16.8 Å². The predicted octanol–water partition coefficient (Wildman–Crippen LogP) is 2.99. The fraction of sp³-hybridized carbons (Fsp3) is 0.300. The van der Waals surface area contributed by atoms with Crippen molar-refractivity contribution in [2.45, 2.75) is 20.3 Å². The van der Waals surface area contributed by atoms with Gasteiger partial charge in [0, 0.05) is 24.7 Å². The number of carbonyl (C=O) groups excluding carboxylic acids is 2. The summed E-state index contributed by atoms with van der Waals surface area (Å²) >= 11 is 0. The molecule has 0 saturated carbocycles. The monoisotopic (exact) mass is 353 g/mol. The van der Waals surface area contributed by atoms with Crippen molar-refractivity contribution in [3.63, 3.8) is 0 Å². The Morgan fingerprint density at radius 1 is 1.15 bits per heavy atom. The topological polar surface area (TPSA) is 65.1 Å². The van der Waals surface area contributed by atoms with Crippen LogP contribution in [0.15, 0.2) is 36.4 Å². The van der Waals surface area contributed by atoms with Crippen LogP contribution in [0.2, 0.25) is 0 Å². The molecule has 1 fully saturated rings. The van der Waals surface area contributed by atoms with Gasteiger partial charge in [-0.1, -0.05) is 12.1 Å². The lowest BCUT2D eigenvalue weighted by atomic mass is 10.1. The average Bonchev–Trinajstić information content (AvgIpc) is 3.23. The summed E-state index contributed by atoms with van der Waals surface area (Å²) in [6.45, 7) is 4.47. The largest absolute Gasteiger partial charge is 0.454 e. The summed E-state index contributed by atoms with van der Waals surface area (Å²) in [7, 11) is 0. The molecule has 4 rings (SSSR count). The van der Waals surface area contributed by atoms with Gasteiger partial charge in [-0.25, -0.2) is 0 Å². The predicted molar refractivity (Wildman–Crippen MR) is 94.6 cm³/mol. The van der Waals surface area contributed by atoms with E-state index in [9.17, 15) is 9.59 Å². The van der Waals surface area contributed by atoms with Gasteiger partial charge in [0.2, 0.25) is 12.7 Å². The van der Waals surface area contributed by atoms with E-state index in [2.05, 4.69) is 0 Å². The summed E-state index contributed by atoms with van der Waals surface area (Å²) in [5, 5.41) is 0. The molecule has 0 radical (unpaired) electrons. The lowest BCUT2D eigenvalue weighted by Gasteiger charge is -2.20. The molecule has 2 aliphatic heterocycles. The van der Waals surface area contributed by atoms with E-state index in [-0.39, 0.29) is 19.1 Å². The van der Waals surface area contributed by atoms with Gasteiger partial charge in [-0.15, -0.1) is 0 Å². The zero-order valence-electron chi connectivity index (χ0n) is 14.7. The van der Waals surface area contributed by atoms with Gasteiger partial charge in [-0.05, 0) is 43.2 Å². The zero-order valence-corrected chi connectivity index (χ0v) is 14.7. The first-order valence-electron chi connectivity index (χ1n) is 8.51. The molecule has 1 atom stereocenters. The van der Waals surface area contributed by atoms with Crippen molar-refractivity contribution in [2.24, 2.45) is 5.92 Å². The molecule has 26 heavy (non-hydrogen) atoms. The smallest absolute Gasteiger partial charge is 0.316 e. The fourth-order valence-corrected chi connectivity index (χ4v) is 3.27. The van der Waals surface area contributed by atoms with Crippen LogP contribution in [0.4, 0.5) is 5.69 Å². The minimum Gasteiger partial charge on any atom is -0.454 e. The summed E-state index contributed by atoms with van der Waals surface area (Å²) in [6, 6.07) is 10.8. The van der Waals surface area contributed by atoms with E-state index in [1.54, 1.807) is 23.1 Å². The Bertz CT molecular complexity index is 892. The summed E-state index contributed by atoms with van der Waals surface area (Å²) in [5.41, 5.74) is 3.01. The molecule has 0 N–H and O–H groups in total. The van der Waals surface area contributed by atoms with E-state index in [1.165, 1.54) is 0 Å². The number of benzene rings is 2. The second-order valence-electron chi connectivity index (χ2n) is 6.56. The number of esters is 1. The fourth-order valence-electron chi connectivity index (χ4n) is 3.27. The van der Waals surface area contributed by atoms with Crippen LogP contribution in [0.1, 0.15) is 17.5 Å². The van der Waals surface area contributed by atoms with E-state index < -0.39 is 11.9 Å². The average molecular weight is 353 g/mol. The van der Waals surface area contributed by atoms with Gasteiger partial charge in [0.25, 0.3) is 0 Å². The summed E-state index contributed by atoms with van der Waals surface area (Å²) in [5.74, 6) is 0.595. The van der Waals surface area contributed by atoms with Crippen molar-refractivity contribution >= 4 is 17.6 Å². The van der Waals surface area contributed by atoms with Gasteiger partial charge in [0.15, 0.2) is 11.5 Å². The maximum absolute atomic E-state index is 12.5. The van der Waals surface area contributed by atoms with Crippen molar-refractivity contribution in [3.05, 3.63) is 47.5 Å². The normalized spacial score (nSPS) is 18.3. The van der Waals surface area contributed by atoms with Crippen LogP contribution < -0.4 is 19.1 Å². The first-order valence-corrected chi connectivity index (χ1v) is 8.51. The second kappa shape index (κ2) is 6.37. The lowest BCUT2D eigenvalue weighted by molar-refractivity contribution is -0.139. The number of hydrogen-bond donors (Lipinski definition) is 0. The second-order valence-corrected chi connectivity index (χ2v) is 6.56. The van der Waals surface area contributed by atoms with Crippen molar-refractivity contribution in [2.75, 3.05) is 18.2 Å². The molecule has 0 aromatic heterocycles. The third-order valence-corrected chi connectivity index (χ3v) is 4.89. The highest BCUT2D eigenvalue weighted by Gasteiger charge is 2.37. The first kappa shape index (κ1) is 16.4. The minimum absolute atomic E-state index is 0.0636.